The zero-order valence-corrected chi connectivity index (χ0v) is 14.5. The average molecular weight is 354 g/mol. The Labute approximate surface area is 149 Å². The Bertz CT molecular complexity index is 957. The molecule has 3 aromatic heterocycles. The molecule has 4 heterocycles. The van der Waals surface area contributed by atoms with Crippen molar-refractivity contribution in [2.75, 3.05) is 26.8 Å². The van der Waals surface area contributed by atoms with Gasteiger partial charge in [0.15, 0.2) is 0 Å². The van der Waals surface area contributed by atoms with Crippen molar-refractivity contribution in [1.82, 2.24) is 29.5 Å². The molecule has 0 saturated carbocycles. The monoisotopic (exact) mass is 354 g/mol. The SMILES string of the molecule is COc1cc(C(=O)N2CCOC(c3cc(C)nc4ncnn34)C2)ccn1. The Morgan fingerprint density at radius 1 is 1.35 bits per heavy atom. The Hall–Kier alpha value is -3.07. The van der Waals surface area contributed by atoms with Gasteiger partial charge >= 0.3 is 0 Å². The summed E-state index contributed by atoms with van der Waals surface area (Å²) in [6, 6.07) is 5.23. The van der Waals surface area contributed by atoms with Crippen molar-refractivity contribution in [1.29, 1.82) is 0 Å². The highest BCUT2D eigenvalue weighted by Crippen LogP contribution is 2.24. The summed E-state index contributed by atoms with van der Waals surface area (Å²) in [4.78, 5) is 27.2. The van der Waals surface area contributed by atoms with E-state index < -0.39 is 0 Å². The van der Waals surface area contributed by atoms with Gasteiger partial charge in [0.2, 0.25) is 5.88 Å². The third-order valence-electron chi connectivity index (χ3n) is 4.28. The largest absolute Gasteiger partial charge is 0.481 e. The van der Waals surface area contributed by atoms with E-state index in [0.717, 1.165) is 11.4 Å². The molecule has 0 radical (unpaired) electrons. The maximum Gasteiger partial charge on any atom is 0.254 e. The first-order chi connectivity index (χ1) is 12.7. The van der Waals surface area contributed by atoms with E-state index in [0.29, 0.717) is 36.9 Å². The van der Waals surface area contributed by atoms with Crippen LogP contribution in [0.5, 0.6) is 5.88 Å². The first-order valence-corrected chi connectivity index (χ1v) is 8.24. The minimum Gasteiger partial charge on any atom is -0.481 e. The van der Waals surface area contributed by atoms with Crippen LogP contribution in [0, 0.1) is 6.92 Å². The Balaban J connectivity index is 1.61. The number of morpholine rings is 1. The molecule has 0 aliphatic carbocycles. The molecule has 0 N–H and O–H groups in total. The Kier molecular flexibility index (Phi) is 4.21. The zero-order chi connectivity index (χ0) is 18.1. The van der Waals surface area contributed by atoms with E-state index in [2.05, 4.69) is 20.1 Å². The topological polar surface area (TPSA) is 94.7 Å². The van der Waals surface area contributed by atoms with Crippen LogP contribution in [0.25, 0.3) is 5.78 Å². The molecule has 9 nitrogen and oxygen atoms in total. The Morgan fingerprint density at radius 2 is 2.23 bits per heavy atom. The number of pyridine rings is 1. The third kappa shape index (κ3) is 2.97. The van der Waals surface area contributed by atoms with Crippen LogP contribution < -0.4 is 4.74 Å². The lowest BCUT2D eigenvalue weighted by Gasteiger charge is -2.33. The van der Waals surface area contributed by atoms with Gasteiger partial charge in [-0.15, -0.1) is 0 Å². The van der Waals surface area contributed by atoms with Crippen molar-refractivity contribution < 1.29 is 14.3 Å². The van der Waals surface area contributed by atoms with Crippen molar-refractivity contribution in [3.8, 4) is 5.88 Å². The van der Waals surface area contributed by atoms with E-state index >= 15 is 0 Å². The Morgan fingerprint density at radius 3 is 3.08 bits per heavy atom. The summed E-state index contributed by atoms with van der Waals surface area (Å²) in [5.74, 6) is 0.847. The average Bonchev–Trinajstić information content (AvgIpc) is 3.15. The van der Waals surface area contributed by atoms with E-state index in [1.807, 2.05) is 13.0 Å². The van der Waals surface area contributed by atoms with Gasteiger partial charge in [-0.2, -0.15) is 14.6 Å². The standard InChI is InChI=1S/C17H18N6O3/c1-11-7-13(23-17(21-11)19-10-20-23)14-9-22(5-6-26-14)16(24)12-3-4-18-15(8-12)25-2/h3-4,7-8,10,14H,5-6,9H2,1-2H3. The summed E-state index contributed by atoms with van der Waals surface area (Å²) in [5.41, 5.74) is 2.19. The van der Waals surface area contributed by atoms with Gasteiger partial charge in [-0.3, -0.25) is 4.79 Å². The highest BCUT2D eigenvalue weighted by molar-refractivity contribution is 5.94. The summed E-state index contributed by atoms with van der Waals surface area (Å²) in [7, 11) is 1.52. The number of amides is 1. The summed E-state index contributed by atoms with van der Waals surface area (Å²) in [5, 5.41) is 4.22. The number of hydrogen-bond acceptors (Lipinski definition) is 7. The predicted octanol–water partition coefficient (Wildman–Crippen LogP) is 1.05. The summed E-state index contributed by atoms with van der Waals surface area (Å²) >= 11 is 0. The van der Waals surface area contributed by atoms with Crippen LogP contribution in [0.2, 0.25) is 0 Å². The molecule has 1 aliphatic heterocycles. The van der Waals surface area contributed by atoms with E-state index in [-0.39, 0.29) is 12.0 Å². The fourth-order valence-electron chi connectivity index (χ4n) is 3.04. The summed E-state index contributed by atoms with van der Waals surface area (Å²) < 4.78 is 12.7. The molecule has 4 rings (SSSR count). The quantitative estimate of drug-likeness (QED) is 0.694. The zero-order valence-electron chi connectivity index (χ0n) is 14.5. The minimum atomic E-state index is -0.303. The third-order valence-corrected chi connectivity index (χ3v) is 4.28. The molecule has 1 unspecified atom stereocenters. The van der Waals surface area contributed by atoms with Gasteiger partial charge in [-0.1, -0.05) is 0 Å². The minimum absolute atomic E-state index is 0.0837. The van der Waals surface area contributed by atoms with Gasteiger partial charge in [0.25, 0.3) is 11.7 Å². The van der Waals surface area contributed by atoms with Crippen LogP contribution in [0.3, 0.4) is 0 Å². The molecule has 3 aromatic rings. The first-order valence-electron chi connectivity index (χ1n) is 8.24. The number of aromatic nitrogens is 5. The molecule has 1 saturated heterocycles. The molecule has 0 aromatic carbocycles. The van der Waals surface area contributed by atoms with Crippen molar-refractivity contribution >= 4 is 11.7 Å². The number of carbonyl (C=O) groups excluding carboxylic acids is 1. The maximum atomic E-state index is 12.9. The number of hydrogen-bond donors (Lipinski definition) is 0. The molecule has 0 spiro atoms. The molecular weight excluding hydrogens is 336 g/mol. The van der Waals surface area contributed by atoms with Gasteiger partial charge < -0.3 is 14.4 Å². The lowest BCUT2D eigenvalue weighted by molar-refractivity contribution is -0.0257. The molecule has 1 aliphatic rings. The van der Waals surface area contributed by atoms with Crippen LogP contribution in [0.15, 0.2) is 30.7 Å². The van der Waals surface area contributed by atoms with Crippen LogP contribution in [-0.2, 0) is 4.74 Å². The van der Waals surface area contributed by atoms with Crippen molar-refractivity contribution in [2.24, 2.45) is 0 Å². The number of nitrogens with zero attached hydrogens (tertiary/aromatic N) is 6. The molecule has 134 valence electrons. The first kappa shape index (κ1) is 16.4. The van der Waals surface area contributed by atoms with Crippen molar-refractivity contribution in [3.05, 3.63) is 47.7 Å². The fourth-order valence-corrected chi connectivity index (χ4v) is 3.04. The normalized spacial score (nSPS) is 17.5. The number of fused-ring (bicyclic) bond motifs is 1. The second-order valence-corrected chi connectivity index (χ2v) is 5.99. The fraction of sp³-hybridized carbons (Fsp3) is 0.353. The molecule has 0 bridgehead atoms. The summed E-state index contributed by atoms with van der Waals surface area (Å²) in [6.07, 6.45) is 2.72. The predicted molar refractivity (Wildman–Crippen MR) is 90.9 cm³/mol. The van der Waals surface area contributed by atoms with Gasteiger partial charge in [0, 0.05) is 30.1 Å². The number of carbonyl (C=O) groups is 1. The number of methoxy groups -OCH3 is 1. The number of ether oxygens (including phenoxy) is 2. The van der Waals surface area contributed by atoms with Crippen LogP contribution in [0.1, 0.15) is 27.8 Å². The highest BCUT2D eigenvalue weighted by Gasteiger charge is 2.28. The number of aryl methyl sites for hydroxylation is 1. The second kappa shape index (κ2) is 6.68. The van der Waals surface area contributed by atoms with Gasteiger partial charge in [-0.25, -0.2) is 9.97 Å². The van der Waals surface area contributed by atoms with E-state index in [9.17, 15) is 4.79 Å². The maximum absolute atomic E-state index is 12.9. The van der Waals surface area contributed by atoms with Crippen LogP contribution >= 0.6 is 0 Å². The van der Waals surface area contributed by atoms with E-state index in [1.165, 1.54) is 13.4 Å². The lowest BCUT2D eigenvalue weighted by Crippen LogP contribution is -2.42. The highest BCUT2D eigenvalue weighted by atomic mass is 16.5. The van der Waals surface area contributed by atoms with Crippen molar-refractivity contribution in [2.45, 2.75) is 13.0 Å². The molecule has 26 heavy (non-hydrogen) atoms. The smallest absolute Gasteiger partial charge is 0.254 e. The molecule has 1 atom stereocenters. The second-order valence-electron chi connectivity index (χ2n) is 5.99. The lowest BCUT2D eigenvalue weighted by atomic mass is 10.1. The van der Waals surface area contributed by atoms with Crippen LogP contribution in [0.4, 0.5) is 0 Å². The molecule has 1 amide bonds. The van der Waals surface area contributed by atoms with E-state index in [1.54, 1.807) is 27.7 Å². The van der Waals surface area contributed by atoms with Gasteiger partial charge in [0.1, 0.15) is 12.4 Å². The van der Waals surface area contributed by atoms with Crippen molar-refractivity contribution in [3.63, 3.8) is 0 Å². The van der Waals surface area contributed by atoms with Gasteiger partial charge in [-0.05, 0) is 19.1 Å². The molecular formula is C17H18N6O3. The van der Waals surface area contributed by atoms with E-state index in [4.69, 9.17) is 9.47 Å². The van der Waals surface area contributed by atoms with Gasteiger partial charge in [0.05, 0.1) is 26.0 Å². The summed E-state index contributed by atoms with van der Waals surface area (Å²) in [6.45, 7) is 3.27. The molecule has 9 heteroatoms. The van der Waals surface area contributed by atoms with Crippen LogP contribution in [-0.4, -0.2) is 62.2 Å². The molecule has 1 fully saturated rings. The number of rotatable bonds is 3.